The summed E-state index contributed by atoms with van der Waals surface area (Å²) in [5.41, 5.74) is 1.32. The van der Waals surface area contributed by atoms with Crippen molar-refractivity contribution >= 4 is 17.3 Å². The van der Waals surface area contributed by atoms with E-state index < -0.39 is 0 Å². The van der Waals surface area contributed by atoms with Gasteiger partial charge in [-0.1, -0.05) is 30.3 Å². The van der Waals surface area contributed by atoms with Gasteiger partial charge in [-0.2, -0.15) is 0 Å². The van der Waals surface area contributed by atoms with Crippen LogP contribution in [-0.2, 0) is 17.6 Å². The highest BCUT2D eigenvalue weighted by molar-refractivity contribution is 7.13. The number of benzene rings is 1. The molecule has 0 unspecified atom stereocenters. The monoisotopic (exact) mass is 246 g/mol. The van der Waals surface area contributed by atoms with Crippen molar-refractivity contribution in [1.82, 2.24) is 0 Å². The van der Waals surface area contributed by atoms with Crippen molar-refractivity contribution < 1.29 is 9.53 Å². The lowest BCUT2D eigenvalue weighted by atomic mass is 10.1. The summed E-state index contributed by atoms with van der Waals surface area (Å²) in [5, 5.41) is 0. The molecule has 0 aliphatic carbocycles. The fraction of sp³-hybridized carbons (Fsp3) is 0.214. The summed E-state index contributed by atoms with van der Waals surface area (Å²) in [4.78, 5) is 13.2. The lowest BCUT2D eigenvalue weighted by Crippen LogP contribution is -1.96. The number of methoxy groups -OCH3 is 1. The normalized spacial score (nSPS) is 10.2. The third kappa shape index (κ3) is 3.17. The van der Waals surface area contributed by atoms with Gasteiger partial charge in [0.1, 0.15) is 4.88 Å². The second-order valence-electron chi connectivity index (χ2n) is 3.74. The molecule has 2 nitrogen and oxygen atoms in total. The van der Waals surface area contributed by atoms with Crippen LogP contribution in [0.4, 0.5) is 0 Å². The minimum atomic E-state index is -0.249. The van der Waals surface area contributed by atoms with Crippen molar-refractivity contribution in [3.05, 3.63) is 57.8 Å². The first-order valence-electron chi connectivity index (χ1n) is 5.50. The fourth-order valence-electron chi connectivity index (χ4n) is 1.63. The third-order valence-corrected chi connectivity index (χ3v) is 3.68. The Bertz CT molecular complexity index is 488. The zero-order valence-corrected chi connectivity index (χ0v) is 10.5. The molecule has 0 aliphatic rings. The van der Waals surface area contributed by atoms with Crippen LogP contribution >= 0.6 is 11.3 Å². The van der Waals surface area contributed by atoms with Gasteiger partial charge in [-0.25, -0.2) is 4.79 Å². The molecule has 2 aromatic rings. The van der Waals surface area contributed by atoms with E-state index >= 15 is 0 Å². The number of thiophene rings is 1. The van der Waals surface area contributed by atoms with E-state index in [1.807, 2.05) is 30.3 Å². The van der Waals surface area contributed by atoms with Crippen LogP contribution in [0.15, 0.2) is 42.5 Å². The number of esters is 1. The summed E-state index contributed by atoms with van der Waals surface area (Å²) >= 11 is 1.51. The van der Waals surface area contributed by atoms with Gasteiger partial charge in [-0.15, -0.1) is 11.3 Å². The topological polar surface area (TPSA) is 26.3 Å². The average Bonchev–Trinajstić information content (AvgIpc) is 2.85. The zero-order valence-electron chi connectivity index (χ0n) is 9.68. The Morgan fingerprint density at radius 3 is 2.59 bits per heavy atom. The molecular weight excluding hydrogens is 232 g/mol. The van der Waals surface area contributed by atoms with E-state index in [-0.39, 0.29) is 5.97 Å². The van der Waals surface area contributed by atoms with E-state index in [1.54, 1.807) is 0 Å². The first-order chi connectivity index (χ1) is 8.29. The van der Waals surface area contributed by atoms with Crippen molar-refractivity contribution in [2.75, 3.05) is 7.11 Å². The minimum Gasteiger partial charge on any atom is -0.465 e. The summed E-state index contributed by atoms with van der Waals surface area (Å²) in [5.74, 6) is -0.249. The molecule has 0 N–H and O–H groups in total. The Balaban J connectivity index is 1.96. The molecule has 1 aromatic carbocycles. The maximum Gasteiger partial charge on any atom is 0.348 e. The number of carbonyl (C=O) groups excluding carboxylic acids is 1. The number of ether oxygens (including phenoxy) is 1. The molecule has 0 radical (unpaired) electrons. The van der Waals surface area contributed by atoms with Gasteiger partial charge in [0.05, 0.1) is 7.11 Å². The molecule has 1 aromatic heterocycles. The minimum absolute atomic E-state index is 0.249. The van der Waals surface area contributed by atoms with Crippen LogP contribution in [0.25, 0.3) is 0 Å². The standard InChI is InChI=1S/C14H14O2S/c1-16-14(15)13-10-9-12(17-13)8-7-11-5-3-2-4-6-11/h2-6,9-10H,7-8H2,1H3. The zero-order chi connectivity index (χ0) is 12.1. The first kappa shape index (κ1) is 11.9. The van der Waals surface area contributed by atoms with Crippen molar-refractivity contribution in [3.63, 3.8) is 0 Å². The first-order valence-corrected chi connectivity index (χ1v) is 6.32. The van der Waals surface area contributed by atoms with Gasteiger partial charge in [0.15, 0.2) is 0 Å². The highest BCUT2D eigenvalue weighted by Crippen LogP contribution is 2.19. The van der Waals surface area contributed by atoms with Crippen molar-refractivity contribution in [2.24, 2.45) is 0 Å². The van der Waals surface area contributed by atoms with Gasteiger partial charge in [0.25, 0.3) is 0 Å². The molecule has 88 valence electrons. The number of hydrogen-bond acceptors (Lipinski definition) is 3. The predicted molar refractivity (Wildman–Crippen MR) is 69.5 cm³/mol. The van der Waals surface area contributed by atoms with Crippen LogP contribution in [0.1, 0.15) is 20.1 Å². The Kier molecular flexibility index (Phi) is 3.94. The van der Waals surface area contributed by atoms with E-state index in [9.17, 15) is 4.79 Å². The molecule has 1 heterocycles. The molecule has 0 bridgehead atoms. The second-order valence-corrected chi connectivity index (χ2v) is 4.91. The molecule has 17 heavy (non-hydrogen) atoms. The van der Waals surface area contributed by atoms with Gasteiger partial charge in [-0.05, 0) is 30.5 Å². The van der Waals surface area contributed by atoms with Crippen molar-refractivity contribution in [1.29, 1.82) is 0 Å². The predicted octanol–water partition coefficient (Wildman–Crippen LogP) is 3.32. The largest absolute Gasteiger partial charge is 0.465 e. The molecular formula is C14H14O2S. The summed E-state index contributed by atoms with van der Waals surface area (Å²) in [6, 6.07) is 14.2. The summed E-state index contributed by atoms with van der Waals surface area (Å²) < 4.78 is 4.68. The summed E-state index contributed by atoms with van der Waals surface area (Å²) in [6.45, 7) is 0. The summed E-state index contributed by atoms with van der Waals surface area (Å²) in [6.07, 6.45) is 1.97. The van der Waals surface area contributed by atoms with E-state index in [0.717, 1.165) is 12.8 Å². The SMILES string of the molecule is COC(=O)c1ccc(CCc2ccccc2)s1. The van der Waals surface area contributed by atoms with E-state index in [2.05, 4.69) is 16.9 Å². The van der Waals surface area contributed by atoms with Gasteiger partial charge in [-0.3, -0.25) is 0 Å². The smallest absolute Gasteiger partial charge is 0.348 e. The fourth-order valence-corrected chi connectivity index (χ4v) is 2.56. The molecule has 0 atom stereocenters. The quantitative estimate of drug-likeness (QED) is 0.774. The van der Waals surface area contributed by atoms with Crippen molar-refractivity contribution in [2.45, 2.75) is 12.8 Å². The van der Waals surface area contributed by atoms with Gasteiger partial charge in [0.2, 0.25) is 0 Å². The number of rotatable bonds is 4. The van der Waals surface area contributed by atoms with Crippen molar-refractivity contribution in [3.8, 4) is 0 Å². The molecule has 0 spiro atoms. The molecule has 0 aliphatic heterocycles. The Labute approximate surface area is 105 Å². The average molecular weight is 246 g/mol. The lowest BCUT2D eigenvalue weighted by Gasteiger charge is -1.98. The molecule has 0 fully saturated rings. The highest BCUT2D eigenvalue weighted by Gasteiger charge is 2.08. The van der Waals surface area contributed by atoms with Crippen LogP contribution in [-0.4, -0.2) is 13.1 Å². The van der Waals surface area contributed by atoms with E-state index in [4.69, 9.17) is 0 Å². The third-order valence-electron chi connectivity index (χ3n) is 2.55. The maximum atomic E-state index is 11.3. The lowest BCUT2D eigenvalue weighted by molar-refractivity contribution is 0.0606. The molecule has 2 rings (SSSR count). The molecule has 3 heteroatoms. The summed E-state index contributed by atoms with van der Waals surface area (Å²) in [7, 11) is 1.41. The number of hydrogen-bond donors (Lipinski definition) is 0. The Hall–Kier alpha value is -1.61. The van der Waals surface area contributed by atoms with Crippen LogP contribution in [0.2, 0.25) is 0 Å². The maximum absolute atomic E-state index is 11.3. The van der Waals surface area contributed by atoms with E-state index in [0.29, 0.717) is 4.88 Å². The van der Waals surface area contributed by atoms with Crippen LogP contribution in [0, 0.1) is 0 Å². The number of carbonyl (C=O) groups is 1. The van der Waals surface area contributed by atoms with Gasteiger partial charge in [0, 0.05) is 4.88 Å². The highest BCUT2D eigenvalue weighted by atomic mass is 32.1. The Morgan fingerprint density at radius 2 is 1.88 bits per heavy atom. The van der Waals surface area contributed by atoms with Gasteiger partial charge >= 0.3 is 5.97 Å². The molecule has 0 amide bonds. The van der Waals surface area contributed by atoms with Crippen LogP contribution in [0.3, 0.4) is 0 Å². The second kappa shape index (κ2) is 5.64. The molecule has 0 saturated heterocycles. The van der Waals surface area contributed by atoms with Crippen LogP contribution < -0.4 is 0 Å². The van der Waals surface area contributed by atoms with E-state index in [1.165, 1.54) is 28.9 Å². The number of aryl methyl sites for hydroxylation is 2. The molecule has 0 saturated carbocycles. The van der Waals surface area contributed by atoms with Gasteiger partial charge < -0.3 is 4.74 Å². The van der Waals surface area contributed by atoms with Crippen LogP contribution in [0.5, 0.6) is 0 Å². The Morgan fingerprint density at radius 1 is 1.12 bits per heavy atom.